The molecule has 2 N–H and O–H groups in total. The van der Waals surface area contributed by atoms with Crippen molar-refractivity contribution in [3.05, 3.63) is 24.0 Å². The van der Waals surface area contributed by atoms with E-state index < -0.39 is 0 Å². The number of hydrogen-bond acceptors (Lipinski definition) is 5. The maximum absolute atomic E-state index is 12.4. The fourth-order valence-electron chi connectivity index (χ4n) is 2.15. The van der Waals surface area contributed by atoms with Crippen molar-refractivity contribution in [3.8, 4) is 0 Å². The van der Waals surface area contributed by atoms with E-state index in [4.69, 9.17) is 5.73 Å². The topological polar surface area (TPSA) is 94.9 Å². The zero-order valence-corrected chi connectivity index (χ0v) is 10.7. The summed E-state index contributed by atoms with van der Waals surface area (Å²) in [6.07, 6.45) is 3.36. The van der Waals surface area contributed by atoms with E-state index in [0.717, 1.165) is 5.82 Å². The molecule has 19 heavy (non-hydrogen) atoms. The van der Waals surface area contributed by atoms with Gasteiger partial charge in [0.2, 0.25) is 0 Å². The standard InChI is InChI=1S/C11H15N7O/c1-2-18-5-8(12)10(15-18)11(19)16-3-4-17-7-13-14-9(17)6-16/h5,7H,2-4,6,12H2,1H3. The van der Waals surface area contributed by atoms with Gasteiger partial charge in [0.25, 0.3) is 5.91 Å². The number of fused-ring (bicyclic) bond motifs is 1. The predicted molar refractivity (Wildman–Crippen MR) is 67.1 cm³/mol. The first kappa shape index (κ1) is 11.7. The molecule has 8 nitrogen and oxygen atoms in total. The maximum Gasteiger partial charge on any atom is 0.276 e. The van der Waals surface area contributed by atoms with Crippen molar-refractivity contribution < 1.29 is 4.79 Å². The number of amides is 1. The third-order valence-electron chi connectivity index (χ3n) is 3.24. The summed E-state index contributed by atoms with van der Waals surface area (Å²) in [6, 6.07) is 0. The highest BCUT2D eigenvalue weighted by molar-refractivity contribution is 5.97. The van der Waals surface area contributed by atoms with Crippen LogP contribution in [0.4, 0.5) is 5.69 Å². The van der Waals surface area contributed by atoms with E-state index >= 15 is 0 Å². The second-order valence-electron chi connectivity index (χ2n) is 4.46. The molecule has 100 valence electrons. The molecule has 0 bridgehead atoms. The quantitative estimate of drug-likeness (QED) is 0.803. The summed E-state index contributed by atoms with van der Waals surface area (Å²) in [5.41, 5.74) is 6.57. The molecule has 2 aromatic heterocycles. The molecule has 0 atom stereocenters. The molecule has 3 rings (SSSR count). The minimum absolute atomic E-state index is 0.154. The first-order chi connectivity index (χ1) is 9.19. The number of nitrogens with zero attached hydrogens (tertiary/aromatic N) is 6. The minimum Gasteiger partial charge on any atom is -0.396 e. The molecule has 1 aliphatic heterocycles. The molecule has 0 spiro atoms. The summed E-state index contributed by atoms with van der Waals surface area (Å²) in [6.45, 7) is 4.39. The SMILES string of the molecule is CCn1cc(N)c(C(=O)N2CCn3cnnc3C2)n1. The molecule has 0 saturated heterocycles. The molecule has 0 aromatic carbocycles. The Morgan fingerprint density at radius 3 is 3.05 bits per heavy atom. The first-order valence-corrected chi connectivity index (χ1v) is 6.18. The van der Waals surface area contributed by atoms with Crippen molar-refractivity contribution >= 4 is 11.6 Å². The average molecular weight is 261 g/mol. The highest BCUT2D eigenvalue weighted by Gasteiger charge is 2.26. The zero-order valence-electron chi connectivity index (χ0n) is 10.7. The zero-order chi connectivity index (χ0) is 13.4. The highest BCUT2D eigenvalue weighted by atomic mass is 16.2. The van der Waals surface area contributed by atoms with Crippen molar-refractivity contribution in [3.63, 3.8) is 0 Å². The lowest BCUT2D eigenvalue weighted by Gasteiger charge is -2.26. The van der Waals surface area contributed by atoms with E-state index in [1.54, 1.807) is 22.1 Å². The molecule has 0 fully saturated rings. The van der Waals surface area contributed by atoms with Gasteiger partial charge in [-0.25, -0.2) is 0 Å². The molecule has 8 heteroatoms. The maximum atomic E-state index is 12.4. The number of aryl methyl sites for hydroxylation is 1. The molecule has 2 aromatic rings. The Morgan fingerprint density at radius 1 is 1.47 bits per heavy atom. The van der Waals surface area contributed by atoms with Gasteiger partial charge in [-0.15, -0.1) is 10.2 Å². The molecular weight excluding hydrogens is 246 g/mol. The van der Waals surface area contributed by atoms with Crippen molar-refractivity contribution in [2.45, 2.75) is 26.6 Å². The van der Waals surface area contributed by atoms with Crippen molar-refractivity contribution in [1.29, 1.82) is 0 Å². The second kappa shape index (κ2) is 4.38. The second-order valence-corrected chi connectivity index (χ2v) is 4.46. The minimum atomic E-state index is -0.154. The van der Waals surface area contributed by atoms with Crippen LogP contribution in [0.3, 0.4) is 0 Å². The van der Waals surface area contributed by atoms with Crippen LogP contribution in [0.2, 0.25) is 0 Å². The summed E-state index contributed by atoms with van der Waals surface area (Å²) >= 11 is 0. The Kier molecular flexibility index (Phi) is 2.69. The number of rotatable bonds is 2. The van der Waals surface area contributed by atoms with Gasteiger partial charge in [0.05, 0.1) is 12.2 Å². The third-order valence-corrected chi connectivity index (χ3v) is 3.24. The van der Waals surface area contributed by atoms with E-state index in [1.165, 1.54) is 0 Å². The highest BCUT2D eigenvalue weighted by Crippen LogP contribution is 2.16. The Hall–Kier alpha value is -2.38. The van der Waals surface area contributed by atoms with Crippen LogP contribution in [0.15, 0.2) is 12.5 Å². The van der Waals surface area contributed by atoms with Gasteiger partial charge in [-0.1, -0.05) is 0 Å². The summed E-state index contributed by atoms with van der Waals surface area (Å²) in [5.74, 6) is 0.632. The van der Waals surface area contributed by atoms with Gasteiger partial charge in [0.15, 0.2) is 11.5 Å². The van der Waals surface area contributed by atoms with Gasteiger partial charge < -0.3 is 15.2 Å². The Labute approximate surface area is 109 Å². The van der Waals surface area contributed by atoms with Crippen LogP contribution in [0.5, 0.6) is 0 Å². The molecule has 1 amide bonds. The lowest BCUT2D eigenvalue weighted by molar-refractivity contribution is 0.0701. The number of aromatic nitrogens is 5. The van der Waals surface area contributed by atoms with Crippen LogP contribution in [-0.2, 0) is 19.6 Å². The van der Waals surface area contributed by atoms with Crippen molar-refractivity contribution in [2.24, 2.45) is 0 Å². The third kappa shape index (κ3) is 1.94. The lowest BCUT2D eigenvalue weighted by atomic mass is 10.3. The number of nitrogen functional groups attached to an aromatic ring is 1. The summed E-state index contributed by atoms with van der Waals surface area (Å²) in [7, 11) is 0. The number of hydrogen-bond donors (Lipinski definition) is 1. The van der Waals surface area contributed by atoms with E-state index in [0.29, 0.717) is 37.6 Å². The number of carbonyl (C=O) groups is 1. The van der Waals surface area contributed by atoms with Crippen LogP contribution < -0.4 is 5.73 Å². The van der Waals surface area contributed by atoms with Gasteiger partial charge in [-0.2, -0.15) is 5.10 Å². The largest absolute Gasteiger partial charge is 0.396 e. The first-order valence-electron chi connectivity index (χ1n) is 6.18. The van der Waals surface area contributed by atoms with Crippen LogP contribution >= 0.6 is 0 Å². The van der Waals surface area contributed by atoms with E-state index in [1.807, 2.05) is 11.5 Å². The van der Waals surface area contributed by atoms with Gasteiger partial charge in [-0.05, 0) is 6.92 Å². The molecule has 3 heterocycles. The molecule has 0 saturated carbocycles. The van der Waals surface area contributed by atoms with E-state index in [9.17, 15) is 4.79 Å². The number of nitrogens with two attached hydrogens (primary N) is 1. The monoisotopic (exact) mass is 261 g/mol. The molecule has 0 radical (unpaired) electrons. The average Bonchev–Trinajstić information content (AvgIpc) is 3.02. The van der Waals surface area contributed by atoms with Crippen LogP contribution in [0.1, 0.15) is 23.2 Å². The van der Waals surface area contributed by atoms with Crippen molar-refractivity contribution in [1.82, 2.24) is 29.4 Å². The van der Waals surface area contributed by atoms with Crippen molar-refractivity contribution in [2.75, 3.05) is 12.3 Å². The van der Waals surface area contributed by atoms with Gasteiger partial charge in [0, 0.05) is 25.8 Å². The van der Waals surface area contributed by atoms with E-state index in [-0.39, 0.29) is 5.91 Å². The predicted octanol–water partition coefficient (Wildman–Crippen LogP) is -0.267. The van der Waals surface area contributed by atoms with E-state index in [2.05, 4.69) is 15.3 Å². The van der Waals surface area contributed by atoms with Gasteiger partial charge >= 0.3 is 0 Å². The summed E-state index contributed by atoms with van der Waals surface area (Å²) in [5, 5.41) is 12.0. The Morgan fingerprint density at radius 2 is 2.32 bits per heavy atom. The Balaban J connectivity index is 1.83. The summed E-state index contributed by atoms with van der Waals surface area (Å²) < 4.78 is 3.60. The van der Waals surface area contributed by atoms with Crippen LogP contribution in [-0.4, -0.2) is 41.9 Å². The summed E-state index contributed by atoms with van der Waals surface area (Å²) in [4.78, 5) is 14.1. The molecular formula is C11H15N7O. The number of carbonyl (C=O) groups excluding carboxylic acids is 1. The molecule has 1 aliphatic rings. The lowest BCUT2D eigenvalue weighted by Crippen LogP contribution is -2.38. The van der Waals surface area contributed by atoms with Crippen LogP contribution in [0.25, 0.3) is 0 Å². The molecule has 0 unspecified atom stereocenters. The Bertz CT molecular complexity index is 614. The fraction of sp³-hybridized carbons (Fsp3) is 0.455. The van der Waals surface area contributed by atoms with Gasteiger partial charge in [0.1, 0.15) is 6.33 Å². The smallest absolute Gasteiger partial charge is 0.276 e. The van der Waals surface area contributed by atoms with Crippen LogP contribution in [0, 0.1) is 0 Å². The normalized spacial score (nSPS) is 14.5. The fourth-order valence-corrected chi connectivity index (χ4v) is 2.15. The molecule has 0 aliphatic carbocycles. The van der Waals surface area contributed by atoms with Gasteiger partial charge in [-0.3, -0.25) is 9.48 Å². The number of anilines is 1.